The third-order valence-corrected chi connectivity index (χ3v) is 3.61. The van der Waals surface area contributed by atoms with Crippen LogP contribution in [0.5, 0.6) is 0 Å². The van der Waals surface area contributed by atoms with Gasteiger partial charge in [0.2, 0.25) is 0 Å². The van der Waals surface area contributed by atoms with Gasteiger partial charge in [-0.15, -0.1) is 0 Å². The van der Waals surface area contributed by atoms with Crippen LogP contribution < -0.4 is 5.32 Å². The molecule has 5 heteroatoms. The molecule has 0 aliphatic heterocycles. The molecule has 126 valence electrons. The second-order valence-corrected chi connectivity index (χ2v) is 6.55. The SMILES string of the molecule is COC(=O)C(C)(CCCOCCC(C)(C)OC)NC(C)C. The van der Waals surface area contributed by atoms with Crippen molar-refractivity contribution >= 4 is 5.97 Å². The average molecular weight is 303 g/mol. The number of esters is 1. The van der Waals surface area contributed by atoms with Crippen LogP contribution in [0.15, 0.2) is 0 Å². The minimum atomic E-state index is -0.655. The van der Waals surface area contributed by atoms with Crippen LogP contribution in [0.2, 0.25) is 0 Å². The molecule has 0 fully saturated rings. The maximum absolute atomic E-state index is 11.9. The molecule has 0 aliphatic carbocycles. The van der Waals surface area contributed by atoms with Gasteiger partial charge in [0.25, 0.3) is 0 Å². The fourth-order valence-corrected chi connectivity index (χ4v) is 2.15. The molecule has 1 unspecified atom stereocenters. The topological polar surface area (TPSA) is 56.8 Å². The number of hydrogen-bond donors (Lipinski definition) is 1. The lowest BCUT2D eigenvalue weighted by Crippen LogP contribution is -2.53. The fourth-order valence-electron chi connectivity index (χ4n) is 2.15. The average Bonchev–Trinajstić information content (AvgIpc) is 2.40. The predicted molar refractivity (Wildman–Crippen MR) is 84.5 cm³/mol. The van der Waals surface area contributed by atoms with E-state index in [1.54, 1.807) is 7.11 Å². The molecule has 0 amide bonds. The van der Waals surface area contributed by atoms with Gasteiger partial charge < -0.3 is 14.2 Å². The lowest BCUT2D eigenvalue weighted by atomic mass is 9.95. The molecule has 0 spiro atoms. The van der Waals surface area contributed by atoms with Crippen LogP contribution in [-0.2, 0) is 19.0 Å². The molecule has 0 aromatic carbocycles. The third-order valence-electron chi connectivity index (χ3n) is 3.61. The van der Waals surface area contributed by atoms with E-state index in [0.29, 0.717) is 19.6 Å². The van der Waals surface area contributed by atoms with Crippen molar-refractivity contribution in [2.75, 3.05) is 27.4 Å². The van der Waals surface area contributed by atoms with Crippen molar-refractivity contribution in [2.45, 2.75) is 71.1 Å². The van der Waals surface area contributed by atoms with E-state index in [1.165, 1.54) is 7.11 Å². The largest absolute Gasteiger partial charge is 0.468 e. The Morgan fingerprint density at radius 1 is 1.10 bits per heavy atom. The Hall–Kier alpha value is -0.650. The molecule has 0 radical (unpaired) electrons. The normalized spacial score (nSPS) is 15.0. The standard InChI is InChI=1S/C16H33NO4/c1-13(2)17-16(5,14(18)19-6)9-8-11-21-12-10-15(3,4)20-7/h13,17H,8-12H2,1-7H3. The molecule has 0 rings (SSSR count). The minimum Gasteiger partial charge on any atom is -0.468 e. The number of ether oxygens (including phenoxy) is 3. The monoisotopic (exact) mass is 303 g/mol. The van der Waals surface area contributed by atoms with Crippen LogP contribution in [0.1, 0.15) is 53.9 Å². The van der Waals surface area contributed by atoms with Crippen molar-refractivity contribution in [3.63, 3.8) is 0 Å². The van der Waals surface area contributed by atoms with Crippen molar-refractivity contribution < 1.29 is 19.0 Å². The zero-order chi connectivity index (χ0) is 16.5. The fraction of sp³-hybridized carbons (Fsp3) is 0.938. The number of hydrogen-bond acceptors (Lipinski definition) is 5. The van der Waals surface area contributed by atoms with Gasteiger partial charge in [0.1, 0.15) is 5.54 Å². The lowest BCUT2D eigenvalue weighted by molar-refractivity contribution is -0.148. The molecule has 0 aliphatic rings. The first-order valence-electron chi connectivity index (χ1n) is 7.66. The Kier molecular flexibility index (Phi) is 9.09. The first-order valence-corrected chi connectivity index (χ1v) is 7.66. The summed E-state index contributed by atoms with van der Waals surface area (Å²) in [5.41, 5.74) is -0.808. The zero-order valence-corrected chi connectivity index (χ0v) is 14.7. The molecule has 0 saturated heterocycles. The van der Waals surface area contributed by atoms with Gasteiger partial charge in [0.05, 0.1) is 12.7 Å². The second-order valence-electron chi connectivity index (χ2n) is 6.55. The van der Waals surface area contributed by atoms with Crippen molar-refractivity contribution in [3.8, 4) is 0 Å². The zero-order valence-electron chi connectivity index (χ0n) is 14.7. The molecule has 1 atom stereocenters. The first-order chi connectivity index (χ1) is 9.67. The summed E-state index contributed by atoms with van der Waals surface area (Å²) < 4.78 is 15.9. The Morgan fingerprint density at radius 2 is 1.71 bits per heavy atom. The predicted octanol–water partition coefficient (Wildman–Crippen LogP) is 2.53. The van der Waals surface area contributed by atoms with Crippen molar-refractivity contribution in [1.29, 1.82) is 0 Å². The molecule has 0 aromatic rings. The molecule has 1 N–H and O–H groups in total. The quantitative estimate of drug-likeness (QED) is 0.469. The molecule has 5 nitrogen and oxygen atoms in total. The Morgan fingerprint density at radius 3 is 2.19 bits per heavy atom. The number of rotatable bonds is 11. The van der Waals surface area contributed by atoms with Crippen molar-refractivity contribution in [1.82, 2.24) is 5.32 Å². The van der Waals surface area contributed by atoms with Crippen LogP contribution >= 0.6 is 0 Å². The van der Waals surface area contributed by atoms with E-state index in [9.17, 15) is 4.79 Å². The summed E-state index contributed by atoms with van der Waals surface area (Å²) in [4.78, 5) is 11.9. The van der Waals surface area contributed by atoms with E-state index < -0.39 is 5.54 Å². The number of nitrogens with one attached hydrogen (secondary N) is 1. The maximum atomic E-state index is 11.9. The van der Waals surface area contributed by atoms with Gasteiger partial charge in [-0.1, -0.05) is 0 Å². The van der Waals surface area contributed by atoms with E-state index in [0.717, 1.165) is 12.8 Å². The summed E-state index contributed by atoms with van der Waals surface area (Å²) in [6.45, 7) is 11.3. The molecule has 0 bridgehead atoms. The first kappa shape index (κ1) is 20.3. The Labute approximate surface area is 129 Å². The smallest absolute Gasteiger partial charge is 0.325 e. The molecular formula is C16H33NO4. The second kappa shape index (κ2) is 9.38. The number of carbonyl (C=O) groups excluding carboxylic acids is 1. The molecule has 0 aromatic heterocycles. The van der Waals surface area contributed by atoms with Gasteiger partial charge in [-0.2, -0.15) is 0 Å². The lowest BCUT2D eigenvalue weighted by Gasteiger charge is -2.30. The highest BCUT2D eigenvalue weighted by atomic mass is 16.5. The molecule has 0 saturated carbocycles. The molecule has 0 heterocycles. The van der Waals surface area contributed by atoms with Gasteiger partial charge in [-0.3, -0.25) is 10.1 Å². The van der Waals surface area contributed by atoms with Crippen molar-refractivity contribution in [3.05, 3.63) is 0 Å². The molecule has 21 heavy (non-hydrogen) atoms. The van der Waals surface area contributed by atoms with Crippen LogP contribution in [0.3, 0.4) is 0 Å². The van der Waals surface area contributed by atoms with E-state index in [4.69, 9.17) is 14.2 Å². The Balaban J connectivity index is 4.07. The van der Waals surface area contributed by atoms with Crippen molar-refractivity contribution in [2.24, 2.45) is 0 Å². The summed E-state index contributed by atoms with van der Waals surface area (Å²) in [6, 6.07) is 0.220. The van der Waals surface area contributed by atoms with Gasteiger partial charge in [0, 0.05) is 26.4 Å². The summed E-state index contributed by atoms with van der Waals surface area (Å²) in [6.07, 6.45) is 2.34. The van der Waals surface area contributed by atoms with Gasteiger partial charge in [-0.25, -0.2) is 0 Å². The van der Waals surface area contributed by atoms with Crippen LogP contribution in [0, 0.1) is 0 Å². The van der Waals surface area contributed by atoms with Gasteiger partial charge in [0.15, 0.2) is 0 Å². The van der Waals surface area contributed by atoms with Crippen LogP contribution in [0.4, 0.5) is 0 Å². The summed E-state index contributed by atoms with van der Waals surface area (Å²) in [5.74, 6) is -0.225. The third kappa shape index (κ3) is 8.39. The highest BCUT2D eigenvalue weighted by molar-refractivity contribution is 5.80. The summed E-state index contributed by atoms with van der Waals surface area (Å²) in [5, 5.41) is 3.28. The Bertz CT molecular complexity index is 305. The van der Waals surface area contributed by atoms with Crippen LogP contribution in [-0.4, -0.2) is 50.6 Å². The van der Waals surface area contributed by atoms with Crippen LogP contribution in [0.25, 0.3) is 0 Å². The van der Waals surface area contributed by atoms with E-state index in [-0.39, 0.29) is 17.6 Å². The molecular weight excluding hydrogens is 270 g/mol. The van der Waals surface area contributed by atoms with E-state index in [1.807, 2.05) is 34.6 Å². The minimum absolute atomic E-state index is 0.153. The number of methoxy groups -OCH3 is 2. The van der Waals surface area contributed by atoms with Gasteiger partial charge in [-0.05, 0) is 53.9 Å². The highest BCUT2D eigenvalue weighted by Crippen LogP contribution is 2.16. The van der Waals surface area contributed by atoms with E-state index >= 15 is 0 Å². The summed E-state index contributed by atoms with van der Waals surface area (Å²) in [7, 11) is 3.13. The maximum Gasteiger partial charge on any atom is 0.325 e. The van der Waals surface area contributed by atoms with Gasteiger partial charge >= 0.3 is 5.97 Å². The van der Waals surface area contributed by atoms with E-state index in [2.05, 4.69) is 5.32 Å². The number of carbonyl (C=O) groups is 1. The highest BCUT2D eigenvalue weighted by Gasteiger charge is 2.34. The summed E-state index contributed by atoms with van der Waals surface area (Å²) >= 11 is 0.